The molecule has 0 saturated heterocycles. The SMILES string of the molecule is COc1ccc(N(C)C(=O)NC(=S)c2cccnc2)cc1. The average Bonchev–Trinajstić information content (AvgIpc) is 2.55. The molecule has 0 saturated carbocycles. The molecule has 0 aliphatic carbocycles. The highest BCUT2D eigenvalue weighted by Crippen LogP contribution is 2.18. The summed E-state index contributed by atoms with van der Waals surface area (Å²) in [5.74, 6) is 0.735. The lowest BCUT2D eigenvalue weighted by Crippen LogP contribution is -2.40. The van der Waals surface area contributed by atoms with Crippen LogP contribution in [0.15, 0.2) is 48.8 Å². The van der Waals surface area contributed by atoms with Gasteiger partial charge in [-0.05, 0) is 36.4 Å². The topological polar surface area (TPSA) is 54.5 Å². The van der Waals surface area contributed by atoms with Crippen molar-refractivity contribution in [3.63, 3.8) is 0 Å². The van der Waals surface area contributed by atoms with Crippen LogP contribution in [-0.2, 0) is 0 Å². The van der Waals surface area contributed by atoms with Crippen LogP contribution in [0.5, 0.6) is 5.75 Å². The molecule has 0 bridgehead atoms. The van der Waals surface area contributed by atoms with Gasteiger partial charge >= 0.3 is 6.03 Å². The average molecular weight is 301 g/mol. The molecule has 1 heterocycles. The normalized spacial score (nSPS) is 9.81. The first-order chi connectivity index (χ1) is 10.1. The third-order valence-electron chi connectivity index (χ3n) is 2.91. The largest absolute Gasteiger partial charge is 0.497 e. The molecular weight excluding hydrogens is 286 g/mol. The molecular formula is C15H15N3O2S. The van der Waals surface area contributed by atoms with Crippen molar-refractivity contribution >= 4 is 28.9 Å². The van der Waals surface area contributed by atoms with Gasteiger partial charge in [0.1, 0.15) is 10.7 Å². The number of carbonyl (C=O) groups excluding carboxylic acids is 1. The predicted octanol–water partition coefficient (Wildman–Crippen LogP) is 2.61. The molecule has 0 radical (unpaired) electrons. The molecule has 2 rings (SSSR count). The number of methoxy groups -OCH3 is 1. The number of benzene rings is 1. The number of aromatic nitrogens is 1. The second-order valence-electron chi connectivity index (χ2n) is 4.26. The fourth-order valence-electron chi connectivity index (χ4n) is 1.67. The maximum Gasteiger partial charge on any atom is 0.326 e. The first-order valence-corrected chi connectivity index (χ1v) is 6.66. The number of amides is 2. The van der Waals surface area contributed by atoms with E-state index in [2.05, 4.69) is 10.3 Å². The van der Waals surface area contributed by atoms with Crippen LogP contribution < -0.4 is 15.0 Å². The standard InChI is InChI=1S/C15H15N3O2S/c1-18(12-5-7-13(20-2)8-6-12)15(19)17-14(21)11-4-3-9-16-10-11/h3-10H,1-2H3,(H,17,19,21). The Morgan fingerprint density at radius 3 is 2.57 bits per heavy atom. The number of carbonyl (C=O) groups is 1. The molecule has 2 amide bonds. The summed E-state index contributed by atoms with van der Waals surface area (Å²) in [7, 11) is 3.26. The minimum absolute atomic E-state index is 0.311. The van der Waals surface area contributed by atoms with E-state index < -0.39 is 0 Å². The molecule has 0 fully saturated rings. The van der Waals surface area contributed by atoms with Gasteiger partial charge in [0.2, 0.25) is 0 Å². The van der Waals surface area contributed by atoms with Gasteiger partial charge in [-0.2, -0.15) is 0 Å². The fraction of sp³-hybridized carbons (Fsp3) is 0.133. The van der Waals surface area contributed by atoms with E-state index in [-0.39, 0.29) is 6.03 Å². The Hall–Kier alpha value is -2.47. The number of rotatable bonds is 3. The lowest BCUT2D eigenvalue weighted by atomic mass is 10.3. The van der Waals surface area contributed by atoms with E-state index in [4.69, 9.17) is 17.0 Å². The third-order valence-corrected chi connectivity index (χ3v) is 3.25. The summed E-state index contributed by atoms with van der Waals surface area (Å²) in [6.07, 6.45) is 3.26. The Morgan fingerprint density at radius 2 is 2.00 bits per heavy atom. The molecule has 21 heavy (non-hydrogen) atoms. The van der Waals surface area contributed by atoms with Crippen molar-refractivity contribution in [2.75, 3.05) is 19.1 Å². The summed E-state index contributed by atoms with van der Waals surface area (Å²) >= 11 is 5.19. The van der Waals surface area contributed by atoms with E-state index in [9.17, 15) is 4.79 Å². The van der Waals surface area contributed by atoms with Crippen molar-refractivity contribution in [3.05, 3.63) is 54.4 Å². The molecule has 1 aromatic carbocycles. The van der Waals surface area contributed by atoms with Crippen LogP contribution in [0, 0.1) is 0 Å². The Balaban J connectivity index is 2.03. The number of nitrogens with one attached hydrogen (secondary N) is 1. The maximum absolute atomic E-state index is 12.2. The molecule has 1 N–H and O–H groups in total. The zero-order valence-corrected chi connectivity index (χ0v) is 12.6. The van der Waals surface area contributed by atoms with Crippen molar-refractivity contribution in [1.29, 1.82) is 0 Å². The first kappa shape index (κ1) is 14.9. The highest BCUT2D eigenvalue weighted by Gasteiger charge is 2.13. The number of nitrogens with zero attached hydrogens (tertiary/aromatic N) is 2. The second kappa shape index (κ2) is 6.81. The van der Waals surface area contributed by atoms with E-state index >= 15 is 0 Å². The summed E-state index contributed by atoms with van der Waals surface area (Å²) in [5.41, 5.74) is 1.44. The Kier molecular flexibility index (Phi) is 4.84. The molecule has 0 spiro atoms. The van der Waals surface area contributed by atoms with Crippen molar-refractivity contribution in [2.45, 2.75) is 0 Å². The number of ether oxygens (including phenoxy) is 1. The van der Waals surface area contributed by atoms with Gasteiger partial charge in [-0.15, -0.1) is 0 Å². The highest BCUT2D eigenvalue weighted by molar-refractivity contribution is 7.80. The molecule has 0 atom stereocenters. The van der Waals surface area contributed by atoms with Crippen LogP contribution in [0.2, 0.25) is 0 Å². The molecule has 0 aliphatic rings. The molecule has 6 heteroatoms. The second-order valence-corrected chi connectivity index (χ2v) is 4.67. The summed E-state index contributed by atoms with van der Waals surface area (Å²) < 4.78 is 5.08. The fourth-order valence-corrected chi connectivity index (χ4v) is 1.88. The van der Waals surface area contributed by atoms with Crippen molar-refractivity contribution in [2.24, 2.45) is 0 Å². The predicted molar refractivity (Wildman–Crippen MR) is 85.9 cm³/mol. The zero-order valence-electron chi connectivity index (χ0n) is 11.7. The molecule has 2 aromatic rings. The van der Waals surface area contributed by atoms with E-state index in [0.717, 1.165) is 11.4 Å². The van der Waals surface area contributed by atoms with Gasteiger partial charge in [0, 0.05) is 30.7 Å². The third kappa shape index (κ3) is 3.76. The van der Waals surface area contributed by atoms with Gasteiger partial charge < -0.3 is 4.74 Å². The monoisotopic (exact) mass is 301 g/mol. The minimum Gasteiger partial charge on any atom is -0.497 e. The van der Waals surface area contributed by atoms with Crippen molar-refractivity contribution in [3.8, 4) is 5.75 Å². The van der Waals surface area contributed by atoms with Gasteiger partial charge in [0.05, 0.1) is 7.11 Å². The van der Waals surface area contributed by atoms with E-state index in [1.807, 2.05) is 0 Å². The highest BCUT2D eigenvalue weighted by atomic mass is 32.1. The van der Waals surface area contributed by atoms with Crippen LogP contribution in [-0.4, -0.2) is 30.2 Å². The number of anilines is 1. The van der Waals surface area contributed by atoms with Crippen molar-refractivity contribution < 1.29 is 9.53 Å². The van der Waals surface area contributed by atoms with Crippen LogP contribution in [0.25, 0.3) is 0 Å². The number of hydrogen-bond donors (Lipinski definition) is 1. The lowest BCUT2D eigenvalue weighted by molar-refractivity contribution is 0.252. The van der Waals surface area contributed by atoms with Gasteiger partial charge in [0.15, 0.2) is 0 Å². The Labute approximate surface area is 128 Å². The molecule has 1 aromatic heterocycles. The summed E-state index contributed by atoms with van der Waals surface area (Å²) in [6, 6.07) is 10.4. The van der Waals surface area contributed by atoms with Gasteiger partial charge in [-0.1, -0.05) is 12.2 Å². The lowest BCUT2D eigenvalue weighted by Gasteiger charge is -2.18. The van der Waals surface area contributed by atoms with Gasteiger partial charge in [-0.25, -0.2) is 4.79 Å². The van der Waals surface area contributed by atoms with Crippen molar-refractivity contribution in [1.82, 2.24) is 10.3 Å². The van der Waals surface area contributed by atoms with Crippen LogP contribution in [0.4, 0.5) is 10.5 Å². The van der Waals surface area contributed by atoms with E-state index in [1.54, 1.807) is 62.9 Å². The molecule has 108 valence electrons. The first-order valence-electron chi connectivity index (χ1n) is 6.25. The molecule has 0 unspecified atom stereocenters. The van der Waals surface area contributed by atoms with Gasteiger partial charge in [-0.3, -0.25) is 15.2 Å². The Morgan fingerprint density at radius 1 is 1.29 bits per heavy atom. The summed E-state index contributed by atoms with van der Waals surface area (Å²) in [4.78, 5) is 17.9. The number of thiocarbonyl (C=S) groups is 1. The maximum atomic E-state index is 12.2. The minimum atomic E-state index is -0.311. The number of urea groups is 1. The van der Waals surface area contributed by atoms with E-state index in [1.165, 1.54) is 4.90 Å². The van der Waals surface area contributed by atoms with Crippen LogP contribution in [0.1, 0.15) is 5.56 Å². The molecule has 0 aliphatic heterocycles. The zero-order chi connectivity index (χ0) is 15.2. The smallest absolute Gasteiger partial charge is 0.326 e. The molecule has 5 nitrogen and oxygen atoms in total. The van der Waals surface area contributed by atoms with Crippen LogP contribution in [0.3, 0.4) is 0 Å². The quantitative estimate of drug-likeness (QED) is 0.885. The summed E-state index contributed by atoms with van der Waals surface area (Å²) in [5, 5.41) is 2.67. The van der Waals surface area contributed by atoms with E-state index in [0.29, 0.717) is 10.6 Å². The number of hydrogen-bond acceptors (Lipinski definition) is 4. The van der Waals surface area contributed by atoms with Crippen LogP contribution >= 0.6 is 12.2 Å². The number of pyridine rings is 1. The Bertz CT molecular complexity index is 629. The van der Waals surface area contributed by atoms with Gasteiger partial charge in [0.25, 0.3) is 0 Å². The summed E-state index contributed by atoms with van der Waals surface area (Å²) in [6.45, 7) is 0.